The summed E-state index contributed by atoms with van der Waals surface area (Å²) in [5, 5.41) is 0. The highest BCUT2D eigenvalue weighted by molar-refractivity contribution is 7.93. The molecule has 0 bridgehead atoms. The van der Waals surface area contributed by atoms with Gasteiger partial charge in [0.1, 0.15) is 11.4 Å². The smallest absolute Gasteiger partial charge is 0.396 e. The monoisotopic (exact) mass is 435 g/mol. The molecule has 9 heteroatoms. The van der Waals surface area contributed by atoms with Crippen LogP contribution in [0.1, 0.15) is 32.1 Å². The number of fused-ring (bicyclic) bond motifs is 1. The topological polar surface area (TPSA) is 84.7 Å². The van der Waals surface area contributed by atoms with Gasteiger partial charge in [-0.1, -0.05) is 30.6 Å². The summed E-state index contributed by atoms with van der Waals surface area (Å²) in [4.78, 5) is 24.1. The Kier molecular flexibility index (Phi) is 5.26. The summed E-state index contributed by atoms with van der Waals surface area (Å²) in [5.74, 6) is -1.49. The van der Waals surface area contributed by atoms with Gasteiger partial charge in [0.2, 0.25) is 5.91 Å². The molecule has 6 nitrogen and oxygen atoms in total. The van der Waals surface area contributed by atoms with Crippen LogP contribution in [0.25, 0.3) is 10.3 Å². The first-order valence-corrected chi connectivity index (χ1v) is 11.5. The van der Waals surface area contributed by atoms with Gasteiger partial charge in [-0.05, 0) is 55.3 Å². The molecule has 2 aromatic carbocycles. The number of sulfonamides is 1. The van der Waals surface area contributed by atoms with Gasteiger partial charge in [0, 0.05) is 5.92 Å². The summed E-state index contributed by atoms with van der Waals surface area (Å²) in [6.07, 6.45) is 3.99. The van der Waals surface area contributed by atoms with Crippen molar-refractivity contribution in [3.8, 4) is 0 Å². The van der Waals surface area contributed by atoms with Gasteiger partial charge in [0.15, 0.2) is 0 Å². The minimum atomic E-state index is -4.27. The lowest BCUT2D eigenvalue weighted by molar-refractivity contribution is -0.122. The van der Waals surface area contributed by atoms with Gasteiger partial charge in [-0.2, -0.15) is 0 Å². The van der Waals surface area contributed by atoms with E-state index in [1.54, 1.807) is 0 Å². The van der Waals surface area contributed by atoms with E-state index in [9.17, 15) is 22.4 Å². The lowest BCUT2D eigenvalue weighted by Gasteiger charge is -2.29. The minimum absolute atomic E-state index is 0.134. The van der Waals surface area contributed by atoms with Crippen LogP contribution in [0.5, 0.6) is 0 Å². The lowest BCUT2D eigenvalue weighted by Crippen LogP contribution is -2.41. The number of rotatable bonds is 4. The molecule has 1 aliphatic carbocycles. The first kappa shape index (κ1) is 19.8. The van der Waals surface area contributed by atoms with Crippen molar-refractivity contribution in [3.63, 3.8) is 0 Å². The average molecular weight is 435 g/mol. The fourth-order valence-corrected chi connectivity index (χ4v) is 5.77. The van der Waals surface area contributed by atoms with Crippen molar-refractivity contribution in [2.45, 2.75) is 37.0 Å². The SMILES string of the molecule is O=C(C1CCCCC1)N(c1ccc2oc(=O)sc2c1)S(=O)(=O)c1ccc(F)cc1. The molecule has 0 saturated heterocycles. The average Bonchev–Trinajstić information content (AvgIpc) is 3.08. The van der Waals surface area contributed by atoms with Crippen molar-refractivity contribution in [1.29, 1.82) is 0 Å². The normalized spacial score (nSPS) is 15.5. The van der Waals surface area contributed by atoms with E-state index in [2.05, 4.69) is 0 Å². The molecule has 0 unspecified atom stereocenters. The van der Waals surface area contributed by atoms with E-state index in [0.717, 1.165) is 59.2 Å². The van der Waals surface area contributed by atoms with Gasteiger partial charge in [-0.3, -0.25) is 4.79 Å². The van der Waals surface area contributed by atoms with Crippen molar-refractivity contribution >= 4 is 43.2 Å². The van der Waals surface area contributed by atoms with Gasteiger partial charge in [-0.15, -0.1) is 0 Å². The zero-order valence-corrected chi connectivity index (χ0v) is 17.0. The number of carbonyl (C=O) groups excluding carboxylic acids is 1. The van der Waals surface area contributed by atoms with Gasteiger partial charge in [0.05, 0.1) is 15.3 Å². The second-order valence-corrected chi connectivity index (χ2v) is 9.75. The van der Waals surface area contributed by atoms with E-state index in [1.807, 2.05) is 0 Å². The number of hydrogen-bond acceptors (Lipinski definition) is 6. The molecular weight excluding hydrogens is 417 g/mol. The third kappa shape index (κ3) is 3.84. The van der Waals surface area contributed by atoms with Crippen molar-refractivity contribution in [3.05, 3.63) is 58.0 Å². The molecule has 0 aliphatic heterocycles. The highest BCUT2D eigenvalue weighted by Gasteiger charge is 2.36. The highest BCUT2D eigenvalue weighted by atomic mass is 32.2. The van der Waals surface area contributed by atoms with Crippen LogP contribution in [0.4, 0.5) is 10.1 Å². The van der Waals surface area contributed by atoms with Crippen LogP contribution < -0.4 is 9.24 Å². The Bertz CT molecular complexity index is 1210. The Morgan fingerprint density at radius 3 is 2.45 bits per heavy atom. The third-order valence-corrected chi connectivity index (χ3v) is 7.58. The molecule has 152 valence electrons. The fraction of sp³-hybridized carbons (Fsp3) is 0.300. The van der Waals surface area contributed by atoms with Gasteiger partial charge in [0.25, 0.3) is 10.0 Å². The molecule has 3 aromatic rings. The van der Waals surface area contributed by atoms with Crippen LogP contribution in [0, 0.1) is 11.7 Å². The van der Waals surface area contributed by atoms with Crippen molar-refractivity contribution in [2.24, 2.45) is 5.92 Å². The summed E-state index contributed by atoms with van der Waals surface area (Å²) in [7, 11) is -4.27. The van der Waals surface area contributed by atoms with Crippen LogP contribution in [0.2, 0.25) is 0 Å². The number of benzene rings is 2. The number of nitrogens with zero attached hydrogens (tertiary/aromatic N) is 1. The molecule has 4 rings (SSSR count). The zero-order valence-electron chi connectivity index (χ0n) is 15.3. The Morgan fingerprint density at radius 2 is 1.76 bits per heavy atom. The van der Waals surface area contributed by atoms with Gasteiger partial charge in [-0.25, -0.2) is 21.9 Å². The second-order valence-electron chi connectivity index (χ2n) is 6.98. The van der Waals surface area contributed by atoms with Crippen LogP contribution in [0.15, 0.2) is 56.6 Å². The second kappa shape index (κ2) is 7.72. The lowest BCUT2D eigenvalue weighted by atomic mass is 9.88. The molecule has 1 fully saturated rings. The van der Waals surface area contributed by atoms with Crippen molar-refractivity contribution < 1.29 is 22.0 Å². The molecule has 0 atom stereocenters. The maximum Gasteiger partial charge on any atom is 0.396 e. The molecule has 1 amide bonds. The molecule has 1 saturated carbocycles. The van der Waals surface area contributed by atoms with Gasteiger partial charge < -0.3 is 4.42 Å². The predicted octanol–water partition coefficient (Wildman–Crippen LogP) is 4.30. The van der Waals surface area contributed by atoms with E-state index >= 15 is 0 Å². The van der Waals surface area contributed by atoms with Crippen LogP contribution in [-0.2, 0) is 14.8 Å². The maximum atomic E-state index is 13.4. The molecule has 0 spiro atoms. The van der Waals surface area contributed by atoms with Crippen LogP contribution in [0.3, 0.4) is 0 Å². The van der Waals surface area contributed by atoms with E-state index in [4.69, 9.17) is 4.42 Å². The van der Waals surface area contributed by atoms with E-state index in [0.29, 0.717) is 23.1 Å². The summed E-state index contributed by atoms with van der Waals surface area (Å²) in [6, 6.07) is 8.75. The number of halogens is 1. The largest absolute Gasteiger partial charge is 0.414 e. The summed E-state index contributed by atoms with van der Waals surface area (Å²) in [6.45, 7) is 0. The minimum Gasteiger partial charge on any atom is -0.414 e. The quantitative estimate of drug-likeness (QED) is 0.610. The first-order chi connectivity index (χ1) is 13.9. The molecular formula is C20H18FNO5S2. The van der Waals surface area contributed by atoms with Crippen molar-refractivity contribution in [2.75, 3.05) is 4.31 Å². The zero-order chi connectivity index (χ0) is 20.6. The molecule has 0 radical (unpaired) electrons. The van der Waals surface area contributed by atoms with Crippen LogP contribution in [-0.4, -0.2) is 14.3 Å². The van der Waals surface area contributed by atoms with Crippen molar-refractivity contribution in [1.82, 2.24) is 0 Å². The molecule has 1 heterocycles. The molecule has 1 aliphatic rings. The van der Waals surface area contributed by atoms with E-state index in [-0.39, 0.29) is 10.6 Å². The molecule has 1 aromatic heterocycles. The Morgan fingerprint density at radius 1 is 1.07 bits per heavy atom. The number of anilines is 1. The summed E-state index contributed by atoms with van der Waals surface area (Å²) in [5.41, 5.74) is 0.461. The summed E-state index contributed by atoms with van der Waals surface area (Å²) < 4.78 is 46.3. The molecule has 29 heavy (non-hydrogen) atoms. The Balaban J connectivity index is 1.84. The first-order valence-electron chi connectivity index (χ1n) is 9.25. The highest BCUT2D eigenvalue weighted by Crippen LogP contribution is 2.33. The Labute approximate surface area is 170 Å². The van der Waals surface area contributed by atoms with Gasteiger partial charge >= 0.3 is 4.94 Å². The summed E-state index contributed by atoms with van der Waals surface area (Å²) >= 11 is 0.835. The fourth-order valence-electron chi connectivity index (χ4n) is 3.60. The van der Waals surface area contributed by atoms with Crippen LogP contribution >= 0.6 is 11.3 Å². The number of hydrogen-bond donors (Lipinski definition) is 0. The predicted molar refractivity (Wildman–Crippen MR) is 108 cm³/mol. The standard InChI is InChI=1S/C20H18FNO5S2/c21-14-6-9-16(10-7-14)29(25,26)22(19(23)13-4-2-1-3-5-13)15-8-11-17-18(12-15)28-20(24)27-17/h6-13H,1-5H2. The Hall–Kier alpha value is -2.52. The van der Waals surface area contributed by atoms with E-state index in [1.165, 1.54) is 18.2 Å². The third-order valence-electron chi connectivity index (χ3n) is 5.05. The molecule has 0 N–H and O–H groups in total. The number of carbonyl (C=O) groups is 1. The number of amides is 1. The van der Waals surface area contributed by atoms with E-state index < -0.39 is 32.6 Å². The maximum absolute atomic E-state index is 13.4.